The number of nitrogens with one attached hydrogen (secondary N) is 1. The van der Waals surface area contributed by atoms with Crippen molar-refractivity contribution in [3.05, 3.63) is 74.2 Å². The first kappa shape index (κ1) is 25.7. The fraction of sp³-hybridized carbons (Fsp3) is 0.250. The highest BCUT2D eigenvalue weighted by Crippen LogP contribution is 2.43. The molecule has 6 nitrogen and oxygen atoms in total. The van der Waals surface area contributed by atoms with Gasteiger partial charge in [-0.2, -0.15) is 0 Å². The van der Waals surface area contributed by atoms with Gasteiger partial charge in [0.15, 0.2) is 0 Å². The number of likely N-dealkylation sites (tertiary alicyclic amines) is 1. The molecule has 1 atom stereocenters. The molecule has 9 heteroatoms. The zero-order chi connectivity index (χ0) is 26.3. The summed E-state index contributed by atoms with van der Waals surface area (Å²) in [5, 5.41) is 4.17. The van der Waals surface area contributed by atoms with Gasteiger partial charge >= 0.3 is 0 Å². The molecule has 3 N–H and O–H groups in total. The lowest BCUT2D eigenvalue weighted by Crippen LogP contribution is -2.41. The van der Waals surface area contributed by atoms with Crippen molar-refractivity contribution in [1.82, 2.24) is 9.88 Å². The molecule has 0 radical (unpaired) electrons. The Bertz CT molecular complexity index is 1500. The number of rotatable bonds is 4. The molecule has 4 aromatic rings. The van der Waals surface area contributed by atoms with Crippen LogP contribution in [0, 0.1) is 6.92 Å². The summed E-state index contributed by atoms with van der Waals surface area (Å²) in [6.45, 7) is 4.60. The maximum absolute atomic E-state index is 13.7. The summed E-state index contributed by atoms with van der Waals surface area (Å²) < 4.78 is 0.915. The summed E-state index contributed by atoms with van der Waals surface area (Å²) in [7, 11) is 0. The topological polar surface area (TPSA) is 88.3 Å². The molecule has 1 unspecified atom stereocenters. The zero-order valence-electron chi connectivity index (χ0n) is 20.5. The van der Waals surface area contributed by atoms with E-state index in [0.717, 1.165) is 29.3 Å². The molecular formula is C28H26BrClN4O2S. The van der Waals surface area contributed by atoms with Crippen molar-refractivity contribution in [2.24, 2.45) is 0 Å². The number of halogens is 2. The van der Waals surface area contributed by atoms with Crippen LogP contribution < -0.4 is 11.1 Å². The Hall–Kier alpha value is -2.94. The zero-order valence-corrected chi connectivity index (χ0v) is 23.6. The second-order valence-corrected chi connectivity index (χ2v) is 11.6. The summed E-state index contributed by atoms with van der Waals surface area (Å²) in [5.74, 6) is -0.380. The largest absolute Gasteiger partial charge is 0.397 e. The predicted octanol–water partition coefficient (Wildman–Crippen LogP) is 7.54. The molecule has 1 aliphatic heterocycles. The number of nitrogens with zero attached hydrogens (tertiary/aromatic N) is 2. The number of anilines is 2. The molecule has 0 aliphatic carbocycles. The molecule has 3 heterocycles. The standard InChI is InChI=1S/C28H26BrClN4O2S/c1-15-5-3-4-14-34(15)28(36)25-24(31)23-22(17-6-8-18(29)9-7-17)21(16(2)32-27(23)37-25)26(35)33-20-12-10-19(30)11-13-20/h6-13,15H,3-5,14,31H2,1-2H3,(H,33,35). The van der Waals surface area contributed by atoms with E-state index in [4.69, 9.17) is 22.3 Å². The summed E-state index contributed by atoms with van der Waals surface area (Å²) in [4.78, 5) is 35.0. The predicted molar refractivity (Wildman–Crippen MR) is 156 cm³/mol. The van der Waals surface area contributed by atoms with Crippen molar-refractivity contribution in [2.45, 2.75) is 39.2 Å². The Kier molecular flexibility index (Phi) is 7.25. The first-order valence-electron chi connectivity index (χ1n) is 12.1. The fourth-order valence-electron chi connectivity index (χ4n) is 4.86. The number of piperidine rings is 1. The van der Waals surface area contributed by atoms with E-state index >= 15 is 0 Å². The quantitative estimate of drug-likeness (QED) is 0.254. The number of fused-ring (bicyclic) bond motifs is 1. The highest BCUT2D eigenvalue weighted by molar-refractivity contribution is 9.10. The van der Waals surface area contributed by atoms with Crippen LogP contribution in [0.3, 0.4) is 0 Å². The van der Waals surface area contributed by atoms with Crippen LogP contribution in [0.4, 0.5) is 11.4 Å². The highest BCUT2D eigenvalue weighted by Gasteiger charge is 2.31. The van der Waals surface area contributed by atoms with Gasteiger partial charge in [-0.3, -0.25) is 9.59 Å². The van der Waals surface area contributed by atoms with Gasteiger partial charge in [0.2, 0.25) is 0 Å². The highest BCUT2D eigenvalue weighted by atomic mass is 79.9. The van der Waals surface area contributed by atoms with Gasteiger partial charge in [-0.15, -0.1) is 11.3 Å². The van der Waals surface area contributed by atoms with E-state index in [1.165, 1.54) is 11.3 Å². The molecule has 0 saturated carbocycles. The van der Waals surface area contributed by atoms with E-state index in [9.17, 15) is 9.59 Å². The number of aryl methyl sites for hydroxylation is 1. The fourth-order valence-corrected chi connectivity index (χ4v) is 6.36. The van der Waals surface area contributed by atoms with Crippen LogP contribution in [0.15, 0.2) is 53.0 Å². The van der Waals surface area contributed by atoms with Gasteiger partial charge in [-0.25, -0.2) is 4.98 Å². The van der Waals surface area contributed by atoms with Crippen molar-refractivity contribution >= 4 is 72.3 Å². The molecule has 37 heavy (non-hydrogen) atoms. The first-order valence-corrected chi connectivity index (χ1v) is 14.1. The number of carbonyl (C=O) groups excluding carboxylic acids is 2. The van der Waals surface area contributed by atoms with Gasteiger partial charge in [0.05, 0.1) is 16.9 Å². The molecule has 1 saturated heterocycles. The molecule has 0 bridgehead atoms. The number of thiophene rings is 1. The lowest BCUT2D eigenvalue weighted by Gasteiger charge is -2.33. The number of aromatic nitrogens is 1. The van der Waals surface area contributed by atoms with Crippen molar-refractivity contribution < 1.29 is 9.59 Å². The number of amides is 2. The number of nitrogens with two attached hydrogens (primary N) is 1. The van der Waals surface area contributed by atoms with Crippen LogP contribution in [-0.2, 0) is 0 Å². The molecule has 2 amide bonds. The second kappa shape index (κ2) is 10.4. The second-order valence-electron chi connectivity index (χ2n) is 9.28. The summed E-state index contributed by atoms with van der Waals surface area (Å²) in [5.41, 5.74) is 10.2. The van der Waals surface area contributed by atoms with E-state index in [-0.39, 0.29) is 17.9 Å². The lowest BCUT2D eigenvalue weighted by atomic mass is 9.94. The number of benzene rings is 2. The average Bonchev–Trinajstić information content (AvgIpc) is 3.20. The number of hydrogen-bond donors (Lipinski definition) is 2. The molecule has 5 rings (SSSR count). The third kappa shape index (κ3) is 4.98. The molecule has 2 aromatic heterocycles. The minimum Gasteiger partial charge on any atom is -0.397 e. The first-order chi connectivity index (χ1) is 17.7. The summed E-state index contributed by atoms with van der Waals surface area (Å²) in [6, 6.07) is 14.8. The maximum Gasteiger partial charge on any atom is 0.266 e. The summed E-state index contributed by atoms with van der Waals surface area (Å²) >= 11 is 10.8. The van der Waals surface area contributed by atoms with Crippen LogP contribution in [0.5, 0.6) is 0 Å². The van der Waals surface area contributed by atoms with E-state index in [1.54, 1.807) is 24.3 Å². The Morgan fingerprint density at radius 2 is 1.84 bits per heavy atom. The lowest BCUT2D eigenvalue weighted by molar-refractivity contribution is 0.0641. The molecule has 2 aromatic carbocycles. The van der Waals surface area contributed by atoms with Crippen LogP contribution in [0.25, 0.3) is 21.3 Å². The van der Waals surface area contributed by atoms with Crippen LogP contribution in [-0.4, -0.2) is 34.3 Å². The Morgan fingerprint density at radius 3 is 2.51 bits per heavy atom. The number of nitrogen functional groups attached to an aromatic ring is 1. The van der Waals surface area contributed by atoms with Crippen LogP contribution in [0.2, 0.25) is 5.02 Å². The number of carbonyl (C=O) groups is 2. The molecule has 0 spiro atoms. The van der Waals surface area contributed by atoms with Crippen molar-refractivity contribution in [2.75, 3.05) is 17.6 Å². The molecule has 1 aliphatic rings. The van der Waals surface area contributed by atoms with E-state index in [1.807, 2.05) is 36.1 Å². The minimum absolute atomic E-state index is 0.0701. The Balaban J connectivity index is 1.69. The summed E-state index contributed by atoms with van der Waals surface area (Å²) in [6.07, 6.45) is 3.08. The van der Waals surface area contributed by atoms with Crippen molar-refractivity contribution in [3.8, 4) is 11.1 Å². The van der Waals surface area contributed by atoms with E-state index in [2.05, 4.69) is 28.2 Å². The van der Waals surface area contributed by atoms with Gasteiger partial charge in [-0.05, 0) is 75.1 Å². The minimum atomic E-state index is -0.310. The number of hydrogen-bond acceptors (Lipinski definition) is 5. The Labute approximate surface area is 233 Å². The molecule has 190 valence electrons. The number of pyridine rings is 1. The maximum atomic E-state index is 13.7. The SMILES string of the molecule is Cc1nc2sc(C(=O)N3CCCCC3C)c(N)c2c(-c2ccc(Br)cc2)c1C(=O)Nc1ccc(Cl)cc1. The van der Waals surface area contributed by atoms with Crippen molar-refractivity contribution in [1.29, 1.82) is 0 Å². The molecular weight excluding hydrogens is 572 g/mol. The van der Waals surface area contributed by atoms with Gasteiger partial charge in [-0.1, -0.05) is 39.7 Å². The smallest absolute Gasteiger partial charge is 0.266 e. The van der Waals surface area contributed by atoms with Gasteiger partial charge in [0.1, 0.15) is 9.71 Å². The third-order valence-corrected chi connectivity index (χ3v) is 8.65. The van der Waals surface area contributed by atoms with Gasteiger partial charge in [0.25, 0.3) is 11.8 Å². The van der Waals surface area contributed by atoms with Crippen molar-refractivity contribution in [3.63, 3.8) is 0 Å². The van der Waals surface area contributed by atoms with E-state index < -0.39 is 0 Å². The Morgan fingerprint density at radius 1 is 1.14 bits per heavy atom. The van der Waals surface area contributed by atoms with Crippen LogP contribution in [0.1, 0.15) is 51.9 Å². The monoisotopic (exact) mass is 596 g/mol. The molecule has 1 fully saturated rings. The normalized spacial score (nSPS) is 15.7. The third-order valence-electron chi connectivity index (χ3n) is 6.78. The van der Waals surface area contributed by atoms with Gasteiger partial charge in [0, 0.05) is 38.7 Å². The van der Waals surface area contributed by atoms with E-state index in [0.29, 0.717) is 54.9 Å². The average molecular weight is 598 g/mol. The van der Waals surface area contributed by atoms with Crippen LogP contribution >= 0.6 is 38.9 Å². The van der Waals surface area contributed by atoms with Gasteiger partial charge < -0.3 is 16.0 Å².